The zero-order valence-corrected chi connectivity index (χ0v) is 11.8. The second kappa shape index (κ2) is 7.20. The Morgan fingerprint density at radius 2 is 1.94 bits per heavy atom. The first-order valence-corrected chi connectivity index (χ1v) is 5.90. The van der Waals surface area contributed by atoms with Crippen LogP contribution >= 0.6 is 0 Å². The predicted octanol–water partition coefficient (Wildman–Crippen LogP) is 1.16. The normalized spacial score (nSPS) is 12.9. The fourth-order valence-electron chi connectivity index (χ4n) is 1.54. The van der Waals surface area contributed by atoms with Crippen molar-refractivity contribution >= 4 is 12.0 Å². The van der Waals surface area contributed by atoms with Crippen molar-refractivity contribution in [3.63, 3.8) is 0 Å². The van der Waals surface area contributed by atoms with E-state index >= 15 is 0 Å². The Morgan fingerprint density at radius 1 is 1.39 bits per heavy atom. The summed E-state index contributed by atoms with van der Waals surface area (Å²) in [4.78, 5) is 24.3. The molecule has 0 aromatic heterocycles. The lowest BCUT2D eigenvalue weighted by Crippen LogP contribution is -2.48. The van der Waals surface area contributed by atoms with Crippen LogP contribution in [0.15, 0.2) is 0 Å². The molecule has 0 saturated heterocycles. The molecule has 0 saturated carbocycles. The van der Waals surface area contributed by atoms with Gasteiger partial charge >= 0.3 is 12.0 Å². The Bertz CT molecular complexity index is 286. The number of nitrogens with zero attached hydrogens (tertiary/aromatic N) is 1. The molecule has 0 rings (SSSR count). The first kappa shape index (κ1) is 16.7. The predicted molar refractivity (Wildman–Crippen MR) is 68.5 cm³/mol. The molecule has 0 heterocycles. The van der Waals surface area contributed by atoms with Crippen LogP contribution in [-0.4, -0.2) is 55.4 Å². The zero-order chi connectivity index (χ0) is 14.3. The van der Waals surface area contributed by atoms with Gasteiger partial charge in [-0.05, 0) is 5.41 Å². The third-order valence-electron chi connectivity index (χ3n) is 2.26. The topological polar surface area (TPSA) is 78.9 Å². The Kier molecular flexibility index (Phi) is 6.68. The number of urea groups is 1. The Morgan fingerprint density at radius 3 is 2.33 bits per heavy atom. The number of aliphatic carboxylic acids is 1. The molecule has 0 aromatic rings. The van der Waals surface area contributed by atoms with Crippen molar-refractivity contribution in [2.24, 2.45) is 5.41 Å². The molecule has 18 heavy (non-hydrogen) atoms. The second-order valence-electron chi connectivity index (χ2n) is 5.54. The molecule has 0 spiro atoms. The third-order valence-corrected chi connectivity index (χ3v) is 2.26. The van der Waals surface area contributed by atoms with Gasteiger partial charge < -0.3 is 20.1 Å². The van der Waals surface area contributed by atoms with Gasteiger partial charge in [0, 0.05) is 33.7 Å². The molecule has 2 N–H and O–H groups in total. The van der Waals surface area contributed by atoms with Crippen LogP contribution in [0.2, 0.25) is 0 Å². The van der Waals surface area contributed by atoms with Gasteiger partial charge in [-0.2, -0.15) is 0 Å². The molecule has 0 fully saturated rings. The Hall–Kier alpha value is -1.30. The average molecular weight is 260 g/mol. The molecule has 1 unspecified atom stereocenters. The number of rotatable bonds is 6. The Balaban J connectivity index is 4.36. The molecule has 0 aliphatic carbocycles. The van der Waals surface area contributed by atoms with Crippen LogP contribution in [0.25, 0.3) is 0 Å². The highest BCUT2D eigenvalue weighted by molar-refractivity contribution is 5.82. The van der Waals surface area contributed by atoms with Crippen LogP contribution in [0.5, 0.6) is 0 Å². The van der Waals surface area contributed by atoms with Gasteiger partial charge in [-0.1, -0.05) is 20.8 Å². The number of carbonyl (C=O) groups excluding carboxylic acids is 1. The molecular formula is C12H24N2O4. The molecule has 0 radical (unpaired) electrons. The van der Waals surface area contributed by atoms with Gasteiger partial charge in [0.05, 0.1) is 0 Å². The summed E-state index contributed by atoms with van der Waals surface area (Å²) >= 11 is 0. The molecule has 106 valence electrons. The fraction of sp³-hybridized carbons (Fsp3) is 0.833. The summed E-state index contributed by atoms with van der Waals surface area (Å²) in [5.74, 6) is -1.05. The number of carboxylic acid groups (broad SMARTS) is 1. The molecule has 0 aliphatic rings. The Labute approximate surface area is 108 Å². The number of amides is 2. The summed E-state index contributed by atoms with van der Waals surface area (Å²) in [6.45, 7) is 6.87. The van der Waals surface area contributed by atoms with E-state index in [-0.39, 0.29) is 17.9 Å². The summed E-state index contributed by atoms with van der Waals surface area (Å²) in [5, 5.41) is 11.5. The molecule has 6 nitrogen and oxygen atoms in total. The molecule has 0 aromatic carbocycles. The first-order valence-electron chi connectivity index (χ1n) is 5.90. The maximum absolute atomic E-state index is 11.8. The van der Waals surface area contributed by atoms with Crippen LogP contribution in [0.3, 0.4) is 0 Å². The highest BCUT2D eigenvalue weighted by Gasteiger charge is 2.23. The largest absolute Gasteiger partial charge is 0.480 e. The molecule has 0 aliphatic heterocycles. The maximum Gasteiger partial charge on any atom is 0.326 e. The lowest BCUT2D eigenvalue weighted by Gasteiger charge is -2.28. The minimum Gasteiger partial charge on any atom is -0.480 e. The number of carboxylic acids is 1. The monoisotopic (exact) mass is 260 g/mol. The van der Waals surface area contributed by atoms with Crippen LogP contribution in [0.4, 0.5) is 4.79 Å². The molecule has 1 atom stereocenters. The van der Waals surface area contributed by atoms with E-state index < -0.39 is 12.0 Å². The van der Waals surface area contributed by atoms with Gasteiger partial charge in [0.1, 0.15) is 6.04 Å². The van der Waals surface area contributed by atoms with E-state index in [2.05, 4.69) is 5.32 Å². The van der Waals surface area contributed by atoms with Gasteiger partial charge in [0.2, 0.25) is 0 Å². The van der Waals surface area contributed by atoms with Crippen LogP contribution in [0, 0.1) is 5.41 Å². The van der Waals surface area contributed by atoms with Crippen molar-refractivity contribution in [3.8, 4) is 0 Å². The van der Waals surface area contributed by atoms with E-state index in [1.165, 1.54) is 12.0 Å². The van der Waals surface area contributed by atoms with Crippen LogP contribution < -0.4 is 5.32 Å². The lowest BCUT2D eigenvalue weighted by molar-refractivity contribution is -0.139. The number of ether oxygens (including phenoxy) is 1. The average Bonchev–Trinajstić information content (AvgIpc) is 2.20. The molecular weight excluding hydrogens is 236 g/mol. The summed E-state index contributed by atoms with van der Waals surface area (Å²) < 4.78 is 4.82. The van der Waals surface area contributed by atoms with E-state index in [9.17, 15) is 9.59 Å². The number of hydrogen-bond acceptors (Lipinski definition) is 3. The van der Waals surface area contributed by atoms with Gasteiger partial charge in [-0.25, -0.2) is 9.59 Å². The van der Waals surface area contributed by atoms with Crippen molar-refractivity contribution in [3.05, 3.63) is 0 Å². The molecule has 2 amide bonds. The highest BCUT2D eigenvalue weighted by atomic mass is 16.5. The van der Waals surface area contributed by atoms with Gasteiger partial charge in [-0.3, -0.25) is 0 Å². The maximum atomic E-state index is 11.8. The highest BCUT2D eigenvalue weighted by Crippen LogP contribution is 2.14. The summed E-state index contributed by atoms with van der Waals surface area (Å²) in [7, 11) is 3.14. The van der Waals surface area contributed by atoms with Crippen LogP contribution in [-0.2, 0) is 9.53 Å². The number of methoxy groups -OCH3 is 1. The number of carbonyl (C=O) groups is 2. The van der Waals surface area contributed by atoms with Crippen molar-refractivity contribution in [1.29, 1.82) is 0 Å². The molecule has 6 heteroatoms. The SMILES string of the molecule is COCCC(NC(=O)N(C)CC(C)(C)C)C(=O)O. The standard InChI is InChI=1S/C12H24N2O4/c1-12(2,3)8-14(4)11(17)13-9(10(15)16)6-7-18-5/h9H,6-8H2,1-5H3,(H,13,17)(H,15,16). The van der Waals surface area contributed by atoms with E-state index in [1.807, 2.05) is 20.8 Å². The minimum atomic E-state index is -1.05. The third kappa shape index (κ3) is 7.11. The van der Waals surface area contributed by atoms with E-state index in [0.29, 0.717) is 13.2 Å². The summed E-state index contributed by atoms with van der Waals surface area (Å²) in [6, 6.07) is -1.30. The van der Waals surface area contributed by atoms with Crippen LogP contribution in [0.1, 0.15) is 27.2 Å². The zero-order valence-electron chi connectivity index (χ0n) is 11.8. The van der Waals surface area contributed by atoms with Crippen molar-refractivity contribution in [2.45, 2.75) is 33.2 Å². The van der Waals surface area contributed by atoms with Gasteiger partial charge in [0.15, 0.2) is 0 Å². The van der Waals surface area contributed by atoms with Crippen molar-refractivity contribution < 1.29 is 19.4 Å². The van der Waals surface area contributed by atoms with Gasteiger partial charge in [-0.15, -0.1) is 0 Å². The minimum absolute atomic E-state index is 0.0304. The van der Waals surface area contributed by atoms with E-state index in [4.69, 9.17) is 9.84 Å². The summed E-state index contributed by atoms with van der Waals surface area (Å²) in [6.07, 6.45) is 0.251. The molecule has 0 bridgehead atoms. The van der Waals surface area contributed by atoms with Gasteiger partial charge in [0.25, 0.3) is 0 Å². The quantitative estimate of drug-likeness (QED) is 0.751. The summed E-state index contributed by atoms with van der Waals surface area (Å²) in [5.41, 5.74) is -0.0304. The van der Waals surface area contributed by atoms with E-state index in [0.717, 1.165) is 0 Å². The number of nitrogens with one attached hydrogen (secondary N) is 1. The first-order chi connectivity index (χ1) is 8.17. The fourth-order valence-corrected chi connectivity index (χ4v) is 1.54. The number of hydrogen-bond donors (Lipinski definition) is 2. The van der Waals surface area contributed by atoms with E-state index in [1.54, 1.807) is 7.05 Å². The second-order valence-corrected chi connectivity index (χ2v) is 5.54. The van der Waals surface area contributed by atoms with Crippen molar-refractivity contribution in [1.82, 2.24) is 10.2 Å². The van der Waals surface area contributed by atoms with Crippen molar-refractivity contribution in [2.75, 3.05) is 27.3 Å². The smallest absolute Gasteiger partial charge is 0.326 e. The lowest BCUT2D eigenvalue weighted by atomic mass is 9.96.